The molecule has 0 unspecified atom stereocenters. The van der Waals surface area contributed by atoms with E-state index in [9.17, 15) is 0 Å². The molecule has 0 radical (unpaired) electrons. The summed E-state index contributed by atoms with van der Waals surface area (Å²) >= 11 is 0. The van der Waals surface area contributed by atoms with Gasteiger partial charge in [-0.3, -0.25) is 0 Å². The van der Waals surface area contributed by atoms with Crippen LogP contribution in [0.1, 0.15) is 5.56 Å². The second-order valence-electron chi connectivity index (χ2n) is 3.70. The maximum absolute atomic E-state index is 4.27. The van der Waals surface area contributed by atoms with Crippen molar-refractivity contribution in [3.8, 4) is 0 Å². The van der Waals surface area contributed by atoms with Crippen molar-refractivity contribution in [2.45, 2.75) is 6.54 Å². The van der Waals surface area contributed by atoms with Crippen molar-refractivity contribution >= 4 is 17.1 Å². The van der Waals surface area contributed by atoms with Gasteiger partial charge in [-0.05, 0) is 23.8 Å². The Morgan fingerprint density at radius 1 is 0.812 bits per heavy atom. The molecule has 0 aliphatic carbocycles. The highest BCUT2D eigenvalue weighted by atomic mass is 15.1. The van der Waals surface area contributed by atoms with Crippen LogP contribution >= 0.6 is 0 Å². The largest absolute Gasteiger partial charge is 0.379 e. The van der Waals surface area contributed by atoms with Crippen LogP contribution in [0.25, 0.3) is 0 Å². The fraction of sp³-hybridized carbons (Fsp3) is 0.0769. The third kappa shape index (κ3) is 1.56. The van der Waals surface area contributed by atoms with Gasteiger partial charge >= 0.3 is 0 Å². The van der Waals surface area contributed by atoms with Gasteiger partial charge in [0.25, 0.3) is 0 Å². The molecule has 1 aliphatic rings. The monoisotopic (exact) mass is 209 g/mol. The van der Waals surface area contributed by atoms with E-state index in [1.54, 1.807) is 0 Å². The molecule has 3 heteroatoms. The summed E-state index contributed by atoms with van der Waals surface area (Å²) in [5.41, 5.74) is 4.02. The van der Waals surface area contributed by atoms with Gasteiger partial charge in [0, 0.05) is 6.54 Å². The van der Waals surface area contributed by atoms with Crippen LogP contribution < -0.4 is 5.32 Å². The smallest absolute Gasteiger partial charge is 0.109 e. The Kier molecular flexibility index (Phi) is 2.14. The third-order valence-electron chi connectivity index (χ3n) is 2.63. The van der Waals surface area contributed by atoms with Gasteiger partial charge in [-0.15, -0.1) is 5.11 Å². The lowest BCUT2D eigenvalue weighted by Crippen LogP contribution is -2.00. The number of azo groups is 1. The molecule has 78 valence electrons. The van der Waals surface area contributed by atoms with Gasteiger partial charge in [-0.2, -0.15) is 5.11 Å². The molecule has 0 saturated carbocycles. The summed E-state index contributed by atoms with van der Waals surface area (Å²) in [7, 11) is 0. The van der Waals surface area contributed by atoms with E-state index in [4.69, 9.17) is 0 Å². The van der Waals surface area contributed by atoms with Gasteiger partial charge in [0.2, 0.25) is 0 Å². The van der Waals surface area contributed by atoms with E-state index in [1.807, 2.05) is 42.5 Å². The highest BCUT2D eigenvalue weighted by Crippen LogP contribution is 2.31. The molecule has 2 aromatic rings. The zero-order valence-corrected chi connectivity index (χ0v) is 8.72. The Balaban J connectivity index is 2.10. The molecular weight excluding hydrogens is 198 g/mol. The number of anilines is 1. The van der Waals surface area contributed by atoms with Crippen molar-refractivity contribution in [1.29, 1.82) is 0 Å². The van der Waals surface area contributed by atoms with Crippen molar-refractivity contribution in [1.82, 2.24) is 0 Å². The van der Waals surface area contributed by atoms with Crippen LogP contribution in [0.3, 0.4) is 0 Å². The van der Waals surface area contributed by atoms with Gasteiger partial charge in [-0.1, -0.05) is 30.3 Å². The number of hydrogen-bond donors (Lipinski definition) is 1. The van der Waals surface area contributed by atoms with E-state index < -0.39 is 0 Å². The van der Waals surface area contributed by atoms with E-state index in [0.29, 0.717) is 0 Å². The van der Waals surface area contributed by atoms with E-state index in [1.165, 1.54) is 5.56 Å². The normalized spacial score (nSPS) is 15.0. The maximum atomic E-state index is 4.27. The Morgan fingerprint density at radius 2 is 1.50 bits per heavy atom. The van der Waals surface area contributed by atoms with E-state index >= 15 is 0 Å². The quantitative estimate of drug-likeness (QED) is 0.698. The Bertz CT molecular complexity index is 497. The summed E-state index contributed by atoms with van der Waals surface area (Å²) in [4.78, 5) is 0. The molecule has 1 aliphatic heterocycles. The number of nitrogens with one attached hydrogen (secondary N) is 1. The molecule has 0 amide bonds. The number of fused-ring (bicyclic) bond motifs is 2. The van der Waals surface area contributed by atoms with E-state index in [-0.39, 0.29) is 0 Å². The molecule has 0 saturated heterocycles. The van der Waals surface area contributed by atoms with Gasteiger partial charge in [0.1, 0.15) is 5.69 Å². The molecule has 0 fully saturated rings. The van der Waals surface area contributed by atoms with Crippen molar-refractivity contribution < 1.29 is 0 Å². The predicted molar refractivity (Wildman–Crippen MR) is 64.4 cm³/mol. The van der Waals surface area contributed by atoms with Crippen LogP contribution in [0, 0.1) is 0 Å². The summed E-state index contributed by atoms with van der Waals surface area (Å²) in [5, 5.41) is 11.9. The average Bonchev–Trinajstić information content (AvgIpc) is 2.32. The van der Waals surface area contributed by atoms with Crippen molar-refractivity contribution in [2.75, 3.05) is 5.32 Å². The standard InChI is InChI=1S/C13H11N3/c1-2-6-11-10(5-1)9-14-12-7-3-4-8-13(12)16-15-11/h1-8,14H,9H2/b16-15-. The van der Waals surface area contributed by atoms with Crippen LogP contribution in [0.2, 0.25) is 0 Å². The number of nitrogens with zero attached hydrogens (tertiary/aromatic N) is 2. The maximum Gasteiger partial charge on any atom is 0.109 e. The molecule has 1 heterocycles. The minimum absolute atomic E-state index is 0.784. The van der Waals surface area contributed by atoms with Gasteiger partial charge in [0.15, 0.2) is 0 Å². The van der Waals surface area contributed by atoms with Crippen LogP contribution in [-0.4, -0.2) is 0 Å². The fourth-order valence-electron chi connectivity index (χ4n) is 1.77. The van der Waals surface area contributed by atoms with E-state index in [2.05, 4.69) is 21.6 Å². The Morgan fingerprint density at radius 3 is 2.44 bits per heavy atom. The summed E-state index contributed by atoms with van der Waals surface area (Å²) in [6.45, 7) is 0.784. The summed E-state index contributed by atoms with van der Waals surface area (Å²) in [5.74, 6) is 0. The molecule has 1 N–H and O–H groups in total. The fourth-order valence-corrected chi connectivity index (χ4v) is 1.77. The lowest BCUT2D eigenvalue weighted by atomic mass is 10.1. The first-order chi connectivity index (χ1) is 7.93. The zero-order chi connectivity index (χ0) is 10.8. The first-order valence-corrected chi connectivity index (χ1v) is 5.26. The Labute approximate surface area is 93.8 Å². The van der Waals surface area contributed by atoms with Crippen molar-refractivity contribution in [3.05, 3.63) is 54.1 Å². The van der Waals surface area contributed by atoms with Crippen LogP contribution in [0.4, 0.5) is 17.1 Å². The Hall–Kier alpha value is -2.16. The number of para-hydroxylation sites is 1. The number of rotatable bonds is 0. The van der Waals surface area contributed by atoms with Crippen LogP contribution in [-0.2, 0) is 6.54 Å². The summed E-state index contributed by atoms with van der Waals surface area (Å²) in [6.07, 6.45) is 0. The lowest BCUT2D eigenvalue weighted by Gasteiger charge is -2.12. The highest BCUT2D eigenvalue weighted by molar-refractivity contribution is 5.66. The third-order valence-corrected chi connectivity index (χ3v) is 2.63. The molecule has 0 aromatic heterocycles. The minimum Gasteiger partial charge on any atom is -0.379 e. The molecule has 2 aromatic carbocycles. The molecule has 0 bridgehead atoms. The molecule has 16 heavy (non-hydrogen) atoms. The predicted octanol–water partition coefficient (Wildman–Crippen LogP) is 4.03. The highest BCUT2D eigenvalue weighted by Gasteiger charge is 2.06. The van der Waals surface area contributed by atoms with Crippen molar-refractivity contribution in [2.24, 2.45) is 10.2 Å². The van der Waals surface area contributed by atoms with Gasteiger partial charge in [-0.25, -0.2) is 0 Å². The van der Waals surface area contributed by atoms with Crippen molar-refractivity contribution in [3.63, 3.8) is 0 Å². The topological polar surface area (TPSA) is 36.8 Å². The minimum atomic E-state index is 0.784. The second-order valence-corrected chi connectivity index (χ2v) is 3.70. The van der Waals surface area contributed by atoms with Gasteiger partial charge in [0.05, 0.1) is 11.4 Å². The van der Waals surface area contributed by atoms with Gasteiger partial charge < -0.3 is 5.32 Å². The summed E-state index contributed by atoms with van der Waals surface area (Å²) in [6, 6.07) is 16.0. The first kappa shape index (κ1) is 9.09. The molecule has 0 spiro atoms. The lowest BCUT2D eigenvalue weighted by molar-refractivity contribution is 1.09. The van der Waals surface area contributed by atoms with Crippen LogP contribution in [0.15, 0.2) is 58.8 Å². The molecular formula is C13H11N3. The van der Waals surface area contributed by atoms with Crippen LogP contribution in [0.5, 0.6) is 0 Å². The SMILES string of the molecule is c1ccc2c(c1)CNc1ccccc1/N=N\2. The molecule has 3 nitrogen and oxygen atoms in total. The number of hydrogen-bond acceptors (Lipinski definition) is 3. The van der Waals surface area contributed by atoms with E-state index in [0.717, 1.165) is 23.6 Å². The average molecular weight is 209 g/mol. The molecule has 0 atom stereocenters. The second kappa shape index (κ2) is 3.77. The number of benzene rings is 2. The summed E-state index contributed by atoms with van der Waals surface area (Å²) < 4.78 is 0. The zero-order valence-electron chi connectivity index (χ0n) is 8.72. The molecule has 3 rings (SSSR count). The first-order valence-electron chi connectivity index (χ1n) is 5.26.